The molecular formula is C20H27N3O4S. The molecule has 28 heavy (non-hydrogen) atoms. The second-order valence-corrected chi connectivity index (χ2v) is 8.69. The fourth-order valence-electron chi connectivity index (χ4n) is 2.83. The Kier molecular flexibility index (Phi) is 7.15. The fraction of sp³-hybridized carbons (Fsp3) is 0.400. The number of nitrogens with one attached hydrogen (secondary N) is 1. The lowest BCUT2D eigenvalue weighted by atomic mass is 10.0. The Labute approximate surface area is 166 Å². The second-order valence-electron chi connectivity index (χ2n) is 6.75. The Morgan fingerprint density at radius 3 is 2.43 bits per heavy atom. The molecular weight excluding hydrogens is 378 g/mol. The van der Waals surface area contributed by atoms with Crippen molar-refractivity contribution in [2.75, 3.05) is 18.4 Å². The van der Waals surface area contributed by atoms with Gasteiger partial charge in [0.25, 0.3) is 5.56 Å². The first-order chi connectivity index (χ1) is 13.2. The molecule has 0 unspecified atom stereocenters. The van der Waals surface area contributed by atoms with Crippen LogP contribution in [0.3, 0.4) is 0 Å². The highest BCUT2D eigenvalue weighted by atomic mass is 32.2. The quantitative estimate of drug-likeness (QED) is 0.731. The summed E-state index contributed by atoms with van der Waals surface area (Å²) in [7, 11) is -3.71. The number of nitrogens with zero attached hydrogens (tertiary/aromatic N) is 2. The van der Waals surface area contributed by atoms with Crippen molar-refractivity contribution in [2.24, 2.45) is 0 Å². The fourth-order valence-corrected chi connectivity index (χ4v) is 4.31. The molecule has 8 heteroatoms. The van der Waals surface area contributed by atoms with Crippen LogP contribution in [0.4, 0.5) is 5.69 Å². The Hall–Kier alpha value is -2.45. The maximum absolute atomic E-state index is 12.6. The zero-order chi connectivity index (χ0) is 20.9. The van der Waals surface area contributed by atoms with Gasteiger partial charge in [-0.15, -0.1) is 0 Å². The van der Waals surface area contributed by atoms with Crippen LogP contribution in [-0.2, 0) is 21.4 Å². The first-order valence-electron chi connectivity index (χ1n) is 9.29. The van der Waals surface area contributed by atoms with Crippen LogP contribution in [0.5, 0.6) is 0 Å². The van der Waals surface area contributed by atoms with E-state index in [1.807, 2.05) is 18.2 Å². The summed E-state index contributed by atoms with van der Waals surface area (Å²) in [4.78, 5) is 24.5. The van der Waals surface area contributed by atoms with Gasteiger partial charge >= 0.3 is 0 Å². The molecule has 0 aliphatic heterocycles. The van der Waals surface area contributed by atoms with Gasteiger partial charge in [-0.3, -0.25) is 9.59 Å². The molecule has 1 heterocycles. The smallest absolute Gasteiger partial charge is 0.251 e. The van der Waals surface area contributed by atoms with Crippen LogP contribution in [0.2, 0.25) is 0 Å². The van der Waals surface area contributed by atoms with Crippen molar-refractivity contribution in [3.8, 4) is 0 Å². The van der Waals surface area contributed by atoms with Crippen molar-refractivity contribution in [1.82, 2.24) is 8.87 Å². The lowest BCUT2D eigenvalue weighted by Crippen LogP contribution is -2.33. The highest BCUT2D eigenvalue weighted by Crippen LogP contribution is 2.18. The summed E-state index contributed by atoms with van der Waals surface area (Å²) in [6.07, 6.45) is 1.22. The van der Waals surface area contributed by atoms with E-state index in [2.05, 4.69) is 19.2 Å². The SMILES string of the molecule is CCN(CC)S(=O)(=O)c1ccc(=O)n(CC(=O)Nc2cccc(C(C)C)c2)c1. The van der Waals surface area contributed by atoms with E-state index in [0.29, 0.717) is 24.7 Å². The van der Waals surface area contributed by atoms with Gasteiger partial charge in [-0.25, -0.2) is 8.42 Å². The number of aromatic nitrogens is 1. The highest BCUT2D eigenvalue weighted by Gasteiger charge is 2.22. The maximum atomic E-state index is 12.6. The van der Waals surface area contributed by atoms with Gasteiger partial charge in [0.2, 0.25) is 15.9 Å². The summed E-state index contributed by atoms with van der Waals surface area (Å²) < 4.78 is 27.7. The molecule has 0 saturated heterocycles. The Balaban J connectivity index is 2.23. The molecule has 1 amide bonds. The number of carbonyl (C=O) groups excluding carboxylic acids is 1. The minimum Gasteiger partial charge on any atom is -0.325 e. The molecule has 0 bridgehead atoms. The van der Waals surface area contributed by atoms with Gasteiger partial charge < -0.3 is 9.88 Å². The van der Waals surface area contributed by atoms with Gasteiger partial charge in [0.1, 0.15) is 6.54 Å². The van der Waals surface area contributed by atoms with Crippen LogP contribution >= 0.6 is 0 Å². The van der Waals surface area contributed by atoms with Crippen LogP contribution in [-0.4, -0.2) is 36.3 Å². The average molecular weight is 406 g/mol. The third-order valence-electron chi connectivity index (χ3n) is 4.45. The molecule has 0 radical (unpaired) electrons. The van der Waals surface area contributed by atoms with E-state index >= 15 is 0 Å². The summed E-state index contributed by atoms with van der Waals surface area (Å²) in [5.74, 6) is -0.0816. The Bertz CT molecular complexity index is 993. The molecule has 1 N–H and O–H groups in total. The van der Waals surface area contributed by atoms with Crippen LogP contribution in [0.1, 0.15) is 39.2 Å². The number of anilines is 1. The number of hydrogen-bond acceptors (Lipinski definition) is 4. The van der Waals surface area contributed by atoms with Crippen molar-refractivity contribution < 1.29 is 13.2 Å². The van der Waals surface area contributed by atoms with Crippen LogP contribution in [0.25, 0.3) is 0 Å². The first-order valence-corrected chi connectivity index (χ1v) is 10.7. The number of benzene rings is 1. The molecule has 152 valence electrons. The molecule has 0 spiro atoms. The number of carbonyl (C=O) groups is 1. The van der Waals surface area contributed by atoms with Crippen LogP contribution < -0.4 is 10.9 Å². The summed E-state index contributed by atoms with van der Waals surface area (Å²) >= 11 is 0. The molecule has 0 saturated carbocycles. The largest absolute Gasteiger partial charge is 0.325 e. The van der Waals surface area contributed by atoms with Crippen LogP contribution in [0, 0.1) is 0 Å². The summed E-state index contributed by atoms with van der Waals surface area (Å²) in [6, 6.07) is 9.93. The van der Waals surface area contributed by atoms with Crippen molar-refractivity contribution in [2.45, 2.75) is 45.1 Å². The van der Waals surface area contributed by atoms with E-state index in [4.69, 9.17) is 0 Å². The van der Waals surface area contributed by atoms with E-state index in [9.17, 15) is 18.0 Å². The topological polar surface area (TPSA) is 88.5 Å². The molecule has 0 aliphatic carbocycles. The predicted molar refractivity (Wildman–Crippen MR) is 110 cm³/mol. The number of hydrogen-bond donors (Lipinski definition) is 1. The lowest BCUT2D eigenvalue weighted by Gasteiger charge is -2.19. The van der Waals surface area contributed by atoms with Gasteiger partial charge in [-0.2, -0.15) is 4.31 Å². The zero-order valence-corrected chi connectivity index (χ0v) is 17.5. The standard InChI is InChI=1S/C20H27N3O4S/c1-5-23(6-2)28(26,27)18-10-11-20(25)22(13-18)14-19(24)21-17-9-7-8-16(12-17)15(3)4/h7-13,15H,5-6,14H2,1-4H3,(H,21,24). The monoisotopic (exact) mass is 405 g/mol. The van der Waals surface area contributed by atoms with Crippen molar-refractivity contribution >= 4 is 21.6 Å². The summed E-state index contributed by atoms with van der Waals surface area (Å²) in [6.45, 7) is 7.98. The molecule has 0 atom stereocenters. The van der Waals surface area contributed by atoms with E-state index in [1.54, 1.807) is 19.9 Å². The zero-order valence-electron chi connectivity index (χ0n) is 16.7. The minimum atomic E-state index is -3.71. The maximum Gasteiger partial charge on any atom is 0.251 e. The number of rotatable bonds is 8. The average Bonchev–Trinajstić information content (AvgIpc) is 2.64. The summed E-state index contributed by atoms with van der Waals surface area (Å²) in [5, 5.41) is 2.76. The van der Waals surface area contributed by atoms with Crippen LogP contribution in [0.15, 0.2) is 52.3 Å². The normalized spacial score (nSPS) is 11.8. The van der Waals surface area contributed by atoms with Gasteiger partial charge in [0.05, 0.1) is 4.90 Å². The lowest BCUT2D eigenvalue weighted by molar-refractivity contribution is -0.116. The molecule has 7 nitrogen and oxygen atoms in total. The number of sulfonamides is 1. The summed E-state index contributed by atoms with van der Waals surface area (Å²) in [5.41, 5.74) is 1.28. The molecule has 2 rings (SSSR count). The van der Waals surface area contributed by atoms with E-state index in [1.165, 1.54) is 22.6 Å². The second kappa shape index (κ2) is 9.16. The third-order valence-corrected chi connectivity index (χ3v) is 6.48. The molecule has 1 aromatic heterocycles. The first kappa shape index (κ1) is 21.8. The highest BCUT2D eigenvalue weighted by molar-refractivity contribution is 7.89. The predicted octanol–water partition coefficient (Wildman–Crippen LogP) is 2.64. The van der Waals surface area contributed by atoms with E-state index in [-0.39, 0.29) is 11.4 Å². The van der Waals surface area contributed by atoms with Crippen molar-refractivity contribution in [3.05, 3.63) is 58.5 Å². The molecule has 2 aromatic rings. The van der Waals surface area contributed by atoms with Crippen molar-refractivity contribution in [1.29, 1.82) is 0 Å². The van der Waals surface area contributed by atoms with Gasteiger partial charge in [-0.05, 0) is 29.7 Å². The molecule has 0 aliphatic rings. The number of amides is 1. The minimum absolute atomic E-state index is 0.00888. The molecule has 0 fully saturated rings. The van der Waals surface area contributed by atoms with Gasteiger partial charge in [0, 0.05) is 31.0 Å². The Morgan fingerprint density at radius 1 is 1.14 bits per heavy atom. The Morgan fingerprint density at radius 2 is 1.82 bits per heavy atom. The van der Waals surface area contributed by atoms with E-state index in [0.717, 1.165) is 10.1 Å². The van der Waals surface area contributed by atoms with Gasteiger partial charge in [0.15, 0.2) is 0 Å². The third kappa shape index (κ3) is 5.08. The van der Waals surface area contributed by atoms with Gasteiger partial charge in [-0.1, -0.05) is 39.8 Å². The van der Waals surface area contributed by atoms with Crippen molar-refractivity contribution in [3.63, 3.8) is 0 Å². The van der Waals surface area contributed by atoms with E-state index < -0.39 is 21.5 Å². The molecule has 1 aromatic carbocycles. The number of pyridine rings is 1.